The van der Waals surface area contributed by atoms with Crippen molar-refractivity contribution in [3.63, 3.8) is 0 Å². The van der Waals surface area contributed by atoms with Gasteiger partial charge in [0, 0.05) is 26.3 Å². The molecule has 1 heterocycles. The van der Waals surface area contributed by atoms with Gasteiger partial charge in [-0.25, -0.2) is 4.68 Å². The van der Waals surface area contributed by atoms with Crippen molar-refractivity contribution < 1.29 is 14.4 Å². The molecule has 1 aromatic heterocycles. The van der Waals surface area contributed by atoms with Crippen LogP contribution in [0.1, 0.15) is 23.0 Å². The van der Waals surface area contributed by atoms with Crippen molar-refractivity contribution in [2.75, 3.05) is 16.1 Å². The van der Waals surface area contributed by atoms with Crippen molar-refractivity contribution in [2.24, 2.45) is 0 Å². The van der Waals surface area contributed by atoms with Crippen molar-refractivity contribution >= 4 is 67.5 Å². The molecule has 0 radical (unpaired) electrons. The third-order valence-electron chi connectivity index (χ3n) is 5.14. The number of hydrogen-bond acceptors (Lipinski definition) is 3. The lowest BCUT2D eigenvalue weighted by molar-refractivity contribution is -0.133. The molecule has 0 unspecified atom stereocenters. The Morgan fingerprint density at radius 1 is 0.912 bits per heavy atom. The maximum Gasteiger partial charge on any atom is 0.328 e. The van der Waals surface area contributed by atoms with Gasteiger partial charge in [-0.2, -0.15) is 0 Å². The quantitative estimate of drug-likeness (QED) is 0.289. The molecule has 9 heteroatoms. The van der Waals surface area contributed by atoms with Crippen LogP contribution in [0.3, 0.4) is 0 Å². The van der Waals surface area contributed by atoms with Gasteiger partial charge in [-0.15, -0.1) is 0 Å². The van der Waals surface area contributed by atoms with Gasteiger partial charge in [-0.05, 0) is 60.5 Å². The van der Waals surface area contributed by atoms with Gasteiger partial charge < -0.3 is 10.6 Å². The highest BCUT2D eigenvalue weighted by Crippen LogP contribution is 2.24. The minimum atomic E-state index is -0.914. The van der Waals surface area contributed by atoms with E-state index in [1.807, 2.05) is 25.1 Å². The zero-order chi connectivity index (χ0) is 24.2. The van der Waals surface area contributed by atoms with Crippen molar-refractivity contribution in [1.29, 1.82) is 0 Å². The molecule has 4 aromatic rings. The molecule has 3 aromatic carbocycles. The van der Waals surface area contributed by atoms with Crippen LogP contribution in [0.5, 0.6) is 0 Å². The van der Waals surface area contributed by atoms with Gasteiger partial charge in [0.05, 0.1) is 5.52 Å². The lowest BCUT2D eigenvalue weighted by atomic mass is 10.1. The Morgan fingerprint density at radius 3 is 2.47 bits per heavy atom. The van der Waals surface area contributed by atoms with Crippen LogP contribution in [0.2, 0.25) is 5.02 Å². The second kappa shape index (κ2) is 10.1. The van der Waals surface area contributed by atoms with Gasteiger partial charge in [0.25, 0.3) is 5.91 Å². The minimum Gasteiger partial charge on any atom is -0.321 e. The van der Waals surface area contributed by atoms with E-state index in [0.29, 0.717) is 33.7 Å². The van der Waals surface area contributed by atoms with E-state index < -0.39 is 17.7 Å². The van der Waals surface area contributed by atoms with E-state index in [-0.39, 0.29) is 5.69 Å². The van der Waals surface area contributed by atoms with Crippen LogP contribution in [-0.4, -0.2) is 22.4 Å². The summed E-state index contributed by atoms with van der Waals surface area (Å²) in [5.41, 5.74) is 5.21. The first-order chi connectivity index (χ1) is 16.4. The van der Waals surface area contributed by atoms with E-state index in [9.17, 15) is 14.4 Å². The molecule has 0 aliphatic heterocycles. The SMILES string of the molecule is CCc1ccccc1NC(=O)C(=O)Nn1c(C(=O)Nc2cccc(Cl)c2)cc2cc(Br)ccc21. The molecule has 0 atom stereocenters. The average molecular weight is 540 g/mol. The normalized spacial score (nSPS) is 10.7. The first kappa shape index (κ1) is 23.5. The van der Waals surface area contributed by atoms with Gasteiger partial charge in [-0.3, -0.25) is 19.8 Å². The zero-order valence-electron chi connectivity index (χ0n) is 18.1. The van der Waals surface area contributed by atoms with Gasteiger partial charge in [0.2, 0.25) is 0 Å². The van der Waals surface area contributed by atoms with Gasteiger partial charge in [0.15, 0.2) is 0 Å². The second-order valence-electron chi connectivity index (χ2n) is 7.44. The lowest BCUT2D eigenvalue weighted by Crippen LogP contribution is -2.36. The smallest absolute Gasteiger partial charge is 0.321 e. The van der Waals surface area contributed by atoms with Crippen LogP contribution in [0, 0.1) is 0 Å². The number of nitrogens with one attached hydrogen (secondary N) is 3. The van der Waals surface area contributed by atoms with Gasteiger partial charge >= 0.3 is 11.8 Å². The molecular formula is C25H20BrClN4O3. The third-order valence-corrected chi connectivity index (χ3v) is 5.87. The number of aromatic nitrogens is 1. The Morgan fingerprint density at radius 2 is 1.71 bits per heavy atom. The number of hydrogen-bond donors (Lipinski definition) is 3. The van der Waals surface area contributed by atoms with Crippen LogP contribution in [0.4, 0.5) is 11.4 Å². The van der Waals surface area contributed by atoms with Crippen LogP contribution in [0.15, 0.2) is 77.3 Å². The molecule has 3 N–H and O–H groups in total. The number of para-hydroxylation sites is 1. The summed E-state index contributed by atoms with van der Waals surface area (Å²) in [5.74, 6) is -2.24. The van der Waals surface area contributed by atoms with E-state index in [1.54, 1.807) is 54.6 Å². The molecule has 4 rings (SSSR count). The average Bonchev–Trinajstić information content (AvgIpc) is 3.16. The fraction of sp³-hybridized carbons (Fsp3) is 0.0800. The largest absolute Gasteiger partial charge is 0.328 e. The molecular weight excluding hydrogens is 520 g/mol. The molecule has 172 valence electrons. The fourth-order valence-electron chi connectivity index (χ4n) is 3.52. The summed E-state index contributed by atoms with van der Waals surface area (Å²) in [6, 6.07) is 20.9. The molecule has 0 aliphatic rings. The third kappa shape index (κ3) is 5.13. The lowest BCUT2D eigenvalue weighted by Gasteiger charge is -2.14. The number of aryl methyl sites for hydroxylation is 1. The van der Waals surface area contributed by atoms with Gasteiger partial charge in [0.1, 0.15) is 5.69 Å². The topological polar surface area (TPSA) is 92.2 Å². The van der Waals surface area contributed by atoms with Crippen molar-refractivity contribution in [1.82, 2.24) is 4.68 Å². The van der Waals surface area contributed by atoms with E-state index in [0.717, 1.165) is 10.0 Å². The molecule has 0 spiro atoms. The van der Waals surface area contributed by atoms with E-state index >= 15 is 0 Å². The summed E-state index contributed by atoms with van der Waals surface area (Å²) in [5, 5.41) is 6.57. The zero-order valence-corrected chi connectivity index (χ0v) is 20.4. The fourth-order valence-corrected chi connectivity index (χ4v) is 4.09. The number of carbonyl (C=O) groups is 3. The highest BCUT2D eigenvalue weighted by molar-refractivity contribution is 9.10. The number of halogens is 2. The van der Waals surface area contributed by atoms with Crippen LogP contribution < -0.4 is 16.1 Å². The molecule has 0 aliphatic carbocycles. The standard InChI is InChI=1S/C25H20BrClN4O3/c1-2-15-6-3-4-9-20(15)29-24(33)25(34)30-31-21-11-10-17(26)12-16(21)13-22(31)23(32)28-19-8-5-7-18(27)14-19/h3-14H,2H2,1H3,(H,28,32)(H,29,33)(H,30,34). The van der Waals surface area contributed by atoms with E-state index in [4.69, 9.17) is 11.6 Å². The maximum atomic E-state index is 13.1. The molecule has 7 nitrogen and oxygen atoms in total. The molecule has 0 saturated carbocycles. The Labute approximate surface area is 209 Å². The summed E-state index contributed by atoms with van der Waals surface area (Å²) in [7, 11) is 0. The first-order valence-corrected chi connectivity index (χ1v) is 11.6. The summed E-state index contributed by atoms with van der Waals surface area (Å²) >= 11 is 9.43. The number of benzene rings is 3. The predicted octanol–water partition coefficient (Wildman–Crippen LogP) is 5.58. The van der Waals surface area contributed by atoms with Crippen LogP contribution in [-0.2, 0) is 16.0 Å². The highest BCUT2D eigenvalue weighted by Gasteiger charge is 2.21. The number of carbonyl (C=O) groups excluding carboxylic acids is 3. The Kier molecular flexibility index (Phi) is 7.00. The number of anilines is 2. The monoisotopic (exact) mass is 538 g/mol. The Bertz CT molecular complexity index is 1420. The number of nitrogens with zero attached hydrogens (tertiary/aromatic N) is 1. The number of rotatable bonds is 5. The summed E-state index contributed by atoms with van der Waals surface area (Å²) in [6.45, 7) is 1.96. The van der Waals surface area contributed by atoms with Gasteiger partial charge in [-0.1, -0.05) is 58.7 Å². The number of fused-ring (bicyclic) bond motifs is 1. The van der Waals surface area contributed by atoms with Crippen LogP contribution in [0.25, 0.3) is 10.9 Å². The van der Waals surface area contributed by atoms with E-state index in [1.165, 1.54) is 4.68 Å². The summed E-state index contributed by atoms with van der Waals surface area (Å²) in [6.07, 6.45) is 0.697. The van der Waals surface area contributed by atoms with Crippen molar-refractivity contribution in [3.8, 4) is 0 Å². The number of amides is 3. The highest BCUT2D eigenvalue weighted by atomic mass is 79.9. The maximum absolute atomic E-state index is 13.1. The summed E-state index contributed by atoms with van der Waals surface area (Å²) in [4.78, 5) is 38.5. The molecule has 3 amide bonds. The van der Waals surface area contributed by atoms with Crippen molar-refractivity contribution in [3.05, 3.63) is 93.5 Å². The summed E-state index contributed by atoms with van der Waals surface area (Å²) < 4.78 is 2.11. The Balaban J connectivity index is 1.63. The Hall–Kier alpha value is -3.62. The molecule has 34 heavy (non-hydrogen) atoms. The van der Waals surface area contributed by atoms with Crippen LogP contribution >= 0.6 is 27.5 Å². The van der Waals surface area contributed by atoms with E-state index in [2.05, 4.69) is 32.0 Å². The second-order valence-corrected chi connectivity index (χ2v) is 8.79. The predicted molar refractivity (Wildman–Crippen MR) is 138 cm³/mol. The minimum absolute atomic E-state index is 0.142. The molecule has 0 fully saturated rings. The molecule has 0 saturated heterocycles. The first-order valence-electron chi connectivity index (χ1n) is 10.4. The van der Waals surface area contributed by atoms with Crippen molar-refractivity contribution in [2.45, 2.75) is 13.3 Å². The molecule has 0 bridgehead atoms.